The highest BCUT2D eigenvalue weighted by atomic mass is 35.5. The molecule has 0 saturated heterocycles. The summed E-state index contributed by atoms with van der Waals surface area (Å²) in [6, 6.07) is 9.25. The average Bonchev–Trinajstić information content (AvgIpc) is 2.35. The van der Waals surface area contributed by atoms with Gasteiger partial charge in [-0.25, -0.2) is 4.79 Å². The summed E-state index contributed by atoms with van der Waals surface area (Å²) in [5.41, 5.74) is 0. The molecule has 0 atom stereocenters. The molecule has 0 bridgehead atoms. The molecule has 0 aliphatic rings. The summed E-state index contributed by atoms with van der Waals surface area (Å²) in [5.74, 6) is 0.463. The van der Waals surface area contributed by atoms with Crippen LogP contribution in [0.15, 0.2) is 30.3 Å². The number of rotatable bonds is 8. The van der Waals surface area contributed by atoms with Crippen LogP contribution in [0.3, 0.4) is 0 Å². The van der Waals surface area contributed by atoms with Gasteiger partial charge >= 0.3 is 5.97 Å². The molecule has 0 unspecified atom stereocenters. The molecule has 20 heavy (non-hydrogen) atoms. The Morgan fingerprint density at radius 2 is 1.75 bits per heavy atom. The summed E-state index contributed by atoms with van der Waals surface area (Å²) in [6.07, 6.45) is 4.92. The van der Waals surface area contributed by atoms with Crippen molar-refractivity contribution < 1.29 is 26.4 Å². The Bertz CT molecular complexity index is 379. The summed E-state index contributed by atoms with van der Waals surface area (Å²) in [4.78, 5) is 11.9. The van der Waals surface area contributed by atoms with Crippen LogP contribution in [0.25, 0.3) is 0 Å². The van der Waals surface area contributed by atoms with E-state index in [1.165, 1.54) is 25.7 Å². The molecule has 0 amide bonds. The van der Waals surface area contributed by atoms with Gasteiger partial charge < -0.3 is 21.6 Å². The number of hydrogen-bond acceptors (Lipinski definition) is 2. The first-order valence-electron chi connectivity index (χ1n) is 7.11. The molecule has 0 aliphatic carbocycles. The van der Waals surface area contributed by atoms with Crippen molar-refractivity contribution in [2.45, 2.75) is 32.6 Å². The van der Waals surface area contributed by atoms with Crippen LogP contribution in [0.1, 0.15) is 32.6 Å². The number of unbranched alkanes of at least 4 members (excludes halogenated alkanes) is 3. The fraction of sp³-hybridized carbons (Fsp3) is 0.562. The van der Waals surface area contributed by atoms with Crippen molar-refractivity contribution in [2.75, 3.05) is 27.2 Å². The third-order valence-electron chi connectivity index (χ3n) is 3.15. The number of likely N-dealkylation sites (N-methyl/N-ethyl adjacent to an activating group) is 1. The molecule has 0 radical (unpaired) electrons. The molecule has 4 heteroatoms. The highest BCUT2D eigenvalue weighted by Crippen LogP contribution is 2.10. The molecule has 1 aromatic rings. The van der Waals surface area contributed by atoms with Crippen molar-refractivity contribution in [1.29, 1.82) is 0 Å². The maximum Gasteiger partial charge on any atom is 0.367 e. The van der Waals surface area contributed by atoms with Gasteiger partial charge in [0.1, 0.15) is 5.75 Å². The van der Waals surface area contributed by atoms with E-state index in [1.54, 1.807) is 12.1 Å². The van der Waals surface area contributed by atoms with E-state index in [0.29, 0.717) is 16.8 Å². The van der Waals surface area contributed by atoms with Crippen molar-refractivity contribution in [3.05, 3.63) is 30.3 Å². The summed E-state index contributed by atoms with van der Waals surface area (Å²) in [5, 5.41) is 0. The summed E-state index contributed by atoms with van der Waals surface area (Å²) in [6.45, 7) is 3.64. The zero-order chi connectivity index (χ0) is 14.1. The largest absolute Gasteiger partial charge is 1.00 e. The van der Waals surface area contributed by atoms with E-state index in [-0.39, 0.29) is 18.4 Å². The number of quaternary nitrogens is 1. The van der Waals surface area contributed by atoms with Gasteiger partial charge in [-0.3, -0.25) is 0 Å². The molecular formula is C16H26ClNO2. The molecule has 0 aliphatic heterocycles. The number of ether oxygens (including phenoxy) is 1. The molecule has 0 aromatic heterocycles. The third-order valence-corrected chi connectivity index (χ3v) is 3.15. The minimum atomic E-state index is -0.160. The summed E-state index contributed by atoms with van der Waals surface area (Å²) in [7, 11) is 4.16. The van der Waals surface area contributed by atoms with E-state index >= 15 is 0 Å². The van der Waals surface area contributed by atoms with Crippen molar-refractivity contribution >= 4 is 5.97 Å². The molecule has 0 N–H and O–H groups in total. The molecule has 0 heterocycles. The van der Waals surface area contributed by atoms with Crippen LogP contribution >= 0.6 is 0 Å². The second kappa shape index (κ2) is 9.78. The predicted molar refractivity (Wildman–Crippen MR) is 78.1 cm³/mol. The Morgan fingerprint density at radius 3 is 2.35 bits per heavy atom. The fourth-order valence-electron chi connectivity index (χ4n) is 2.05. The number of carbonyl (C=O) groups is 1. The topological polar surface area (TPSA) is 26.3 Å². The number of nitrogens with zero attached hydrogens (tertiary/aromatic N) is 1. The second-order valence-electron chi connectivity index (χ2n) is 5.67. The lowest BCUT2D eigenvalue weighted by Crippen LogP contribution is -3.00. The smallest absolute Gasteiger partial charge is 0.367 e. The van der Waals surface area contributed by atoms with Crippen LogP contribution in [0.4, 0.5) is 0 Å². The Morgan fingerprint density at radius 1 is 1.10 bits per heavy atom. The molecule has 1 rings (SSSR count). The first-order chi connectivity index (χ1) is 9.03. The van der Waals surface area contributed by atoms with Crippen LogP contribution in [-0.4, -0.2) is 37.6 Å². The fourth-order valence-corrected chi connectivity index (χ4v) is 2.05. The van der Waals surface area contributed by atoms with Gasteiger partial charge in [-0.05, 0) is 25.0 Å². The zero-order valence-corrected chi connectivity index (χ0v) is 13.5. The van der Waals surface area contributed by atoms with E-state index < -0.39 is 0 Å². The van der Waals surface area contributed by atoms with Gasteiger partial charge in [0.15, 0.2) is 6.54 Å². The monoisotopic (exact) mass is 299 g/mol. The van der Waals surface area contributed by atoms with Crippen LogP contribution in [0, 0.1) is 0 Å². The van der Waals surface area contributed by atoms with Gasteiger partial charge in [0.25, 0.3) is 0 Å². The van der Waals surface area contributed by atoms with Crippen molar-refractivity contribution in [3.63, 3.8) is 0 Å². The number of benzene rings is 1. The van der Waals surface area contributed by atoms with Crippen molar-refractivity contribution in [3.8, 4) is 5.75 Å². The van der Waals surface area contributed by atoms with Crippen LogP contribution in [0.5, 0.6) is 5.75 Å². The molecule has 0 spiro atoms. The predicted octanol–water partition coefficient (Wildman–Crippen LogP) is 0.253. The summed E-state index contributed by atoms with van der Waals surface area (Å²) >= 11 is 0. The van der Waals surface area contributed by atoms with Crippen molar-refractivity contribution in [2.24, 2.45) is 0 Å². The van der Waals surface area contributed by atoms with Gasteiger partial charge in [0, 0.05) is 0 Å². The maximum atomic E-state index is 11.9. The normalized spacial score (nSPS) is 10.8. The first-order valence-corrected chi connectivity index (χ1v) is 7.11. The molecule has 1 aromatic carbocycles. The third kappa shape index (κ3) is 8.18. The Labute approximate surface area is 128 Å². The molecule has 0 fully saturated rings. The standard InChI is InChI=1S/C16H26NO2.ClH/c1-4-5-6-10-13-17(2,3)14-16(18)19-15-11-8-7-9-12-15;/h7-9,11-12H,4-6,10,13-14H2,1-3H3;1H/q+1;/p-1. The lowest BCUT2D eigenvalue weighted by Gasteiger charge is -2.28. The highest BCUT2D eigenvalue weighted by Gasteiger charge is 2.21. The Balaban J connectivity index is 0.00000361. The lowest BCUT2D eigenvalue weighted by molar-refractivity contribution is -0.883. The Hall–Kier alpha value is -1.06. The van der Waals surface area contributed by atoms with Gasteiger partial charge in [-0.15, -0.1) is 0 Å². The van der Waals surface area contributed by atoms with Gasteiger partial charge in [0.05, 0.1) is 20.6 Å². The lowest BCUT2D eigenvalue weighted by atomic mass is 10.2. The van der Waals surface area contributed by atoms with Crippen LogP contribution in [0.2, 0.25) is 0 Å². The number of halogens is 1. The molecule has 3 nitrogen and oxygen atoms in total. The van der Waals surface area contributed by atoms with E-state index in [4.69, 9.17) is 4.74 Å². The van der Waals surface area contributed by atoms with Gasteiger partial charge in [0.2, 0.25) is 0 Å². The second-order valence-corrected chi connectivity index (χ2v) is 5.67. The number of para-hydroxylation sites is 1. The van der Waals surface area contributed by atoms with Crippen LogP contribution < -0.4 is 17.1 Å². The maximum absolute atomic E-state index is 11.9. The highest BCUT2D eigenvalue weighted by molar-refractivity contribution is 5.73. The van der Waals surface area contributed by atoms with E-state index in [1.807, 2.05) is 18.2 Å². The summed E-state index contributed by atoms with van der Waals surface area (Å²) < 4.78 is 6.01. The minimum Gasteiger partial charge on any atom is -1.00 e. The minimum absolute atomic E-state index is 0. The Kier molecular flexibility index (Phi) is 9.26. The van der Waals surface area contributed by atoms with Gasteiger partial charge in [-0.1, -0.05) is 38.0 Å². The number of carbonyl (C=O) groups excluding carboxylic acids is 1. The molecular weight excluding hydrogens is 274 g/mol. The van der Waals surface area contributed by atoms with Crippen molar-refractivity contribution in [1.82, 2.24) is 0 Å². The molecule has 0 saturated carbocycles. The van der Waals surface area contributed by atoms with E-state index in [0.717, 1.165) is 6.54 Å². The number of esters is 1. The number of hydrogen-bond donors (Lipinski definition) is 0. The zero-order valence-electron chi connectivity index (χ0n) is 12.8. The van der Waals surface area contributed by atoms with Gasteiger partial charge in [-0.2, -0.15) is 0 Å². The van der Waals surface area contributed by atoms with E-state index in [2.05, 4.69) is 21.0 Å². The van der Waals surface area contributed by atoms with E-state index in [9.17, 15) is 4.79 Å². The quantitative estimate of drug-likeness (QED) is 0.298. The SMILES string of the molecule is CCCCCC[N+](C)(C)CC(=O)Oc1ccccc1.[Cl-]. The first kappa shape index (κ1) is 18.9. The average molecular weight is 300 g/mol. The van der Waals surface area contributed by atoms with Crippen LogP contribution in [-0.2, 0) is 4.79 Å². The molecule has 114 valence electrons.